The zero-order chi connectivity index (χ0) is 57.6. The summed E-state index contributed by atoms with van der Waals surface area (Å²) in [6.45, 7) is 9.76. The predicted molar refractivity (Wildman–Crippen MR) is 306 cm³/mol. The van der Waals surface area contributed by atoms with Gasteiger partial charge < -0.3 is 40.9 Å². The number of aliphatic hydroxyl groups excluding tert-OH is 1. The summed E-state index contributed by atoms with van der Waals surface area (Å²) in [7, 11) is 0. The van der Waals surface area contributed by atoms with E-state index >= 15 is 17.6 Å². The third-order valence-electron chi connectivity index (χ3n) is 17.1. The van der Waals surface area contributed by atoms with Gasteiger partial charge in [-0.1, -0.05) is 67.9 Å². The second-order valence-corrected chi connectivity index (χ2v) is 26.3. The number of nitrogens with two attached hydrogens (primary N) is 1. The molecule has 1 saturated carbocycles. The Hall–Kier alpha value is -6.55. The van der Waals surface area contributed by atoms with Crippen LogP contribution in [-0.4, -0.2) is 133 Å². The number of hydrogen-bond donors (Lipinski definition) is 4. The van der Waals surface area contributed by atoms with E-state index in [-0.39, 0.29) is 110 Å². The fraction of sp³-hybridized carbons (Fsp3) is 0.483. The molecule has 2 amide bonds. The number of amides is 2. The van der Waals surface area contributed by atoms with Crippen LogP contribution in [-0.2, 0) is 22.6 Å². The fourth-order valence-corrected chi connectivity index (χ4v) is 14.8. The first-order valence-corrected chi connectivity index (χ1v) is 29.8. The number of piperazine rings is 1. The Morgan fingerprint density at radius 2 is 1.79 bits per heavy atom. The van der Waals surface area contributed by atoms with Crippen molar-refractivity contribution in [3.8, 4) is 33.6 Å². The molecule has 2 bridgehead atoms. The average Bonchev–Trinajstić information content (AvgIpc) is 1.89. The second-order valence-electron chi connectivity index (χ2n) is 24.0. The van der Waals surface area contributed by atoms with Gasteiger partial charge in [-0.3, -0.25) is 9.59 Å². The van der Waals surface area contributed by atoms with Crippen LogP contribution in [0.5, 0.6) is 6.01 Å². The Morgan fingerprint density at radius 1 is 1.06 bits per heavy atom. The highest BCUT2D eigenvalue weighted by Gasteiger charge is 2.72. The van der Waals surface area contributed by atoms with Gasteiger partial charge in [-0.25, -0.2) is 27.2 Å². The molecule has 5 N–H and O–H groups in total. The van der Waals surface area contributed by atoms with Crippen molar-refractivity contribution in [2.45, 2.75) is 115 Å². The number of fused-ring (bicyclic) bond motifs is 4. The molecule has 24 heteroatoms. The van der Waals surface area contributed by atoms with Gasteiger partial charge in [-0.15, -0.1) is 27.8 Å². The first-order chi connectivity index (χ1) is 39.2. The summed E-state index contributed by atoms with van der Waals surface area (Å²) in [5, 5.41) is 36.8. The molecule has 6 atom stereocenters. The molecular weight excluding hydrogens is 1120 g/mol. The minimum absolute atomic E-state index is 0.000114. The first-order valence-electron chi connectivity index (χ1n) is 27.7. The monoisotopic (exact) mass is 1180 g/mol. The third kappa shape index (κ3) is 10.5. The van der Waals surface area contributed by atoms with Gasteiger partial charge in [0.1, 0.15) is 46.9 Å². The molecule has 0 radical (unpaired) electrons. The molecule has 1 aliphatic carbocycles. The van der Waals surface area contributed by atoms with Crippen LogP contribution in [0.4, 0.5) is 28.4 Å². The molecule has 0 spiro atoms. The van der Waals surface area contributed by atoms with Gasteiger partial charge in [0, 0.05) is 80.2 Å². The molecule has 3 aromatic carbocycles. The van der Waals surface area contributed by atoms with E-state index in [4.69, 9.17) is 27.1 Å². The molecule has 12 rings (SSSR count). The Morgan fingerprint density at radius 3 is 2.46 bits per heavy atom. The van der Waals surface area contributed by atoms with Gasteiger partial charge in [0.15, 0.2) is 5.82 Å². The molecule has 82 heavy (non-hydrogen) atoms. The zero-order valence-corrected chi connectivity index (χ0v) is 48.1. The number of thiophene rings is 1. The number of benzene rings is 3. The van der Waals surface area contributed by atoms with Crippen LogP contribution in [0.25, 0.3) is 42.6 Å². The lowest BCUT2D eigenvalue weighted by atomic mass is 9.85. The number of alkyl halides is 2. The maximum absolute atomic E-state index is 17.4. The smallest absolute Gasteiger partial charge is 0.319 e. The number of aliphatic hydroxyl groups is 1. The molecule has 430 valence electrons. The van der Waals surface area contributed by atoms with Crippen molar-refractivity contribution in [3.63, 3.8) is 0 Å². The lowest BCUT2D eigenvalue weighted by molar-refractivity contribution is -0.144. The highest BCUT2D eigenvalue weighted by Crippen LogP contribution is 2.61. The highest BCUT2D eigenvalue weighted by atomic mass is 35.5. The minimum atomic E-state index is -3.05. The van der Waals surface area contributed by atoms with Gasteiger partial charge in [0.25, 0.3) is 5.92 Å². The maximum atomic E-state index is 17.4. The van der Waals surface area contributed by atoms with Gasteiger partial charge in [-0.2, -0.15) is 15.2 Å². The van der Waals surface area contributed by atoms with Crippen molar-refractivity contribution in [1.29, 1.82) is 5.26 Å². The summed E-state index contributed by atoms with van der Waals surface area (Å²) in [6, 6.07) is 12.3. The number of carbonyl (C=O) groups is 2. The number of likely N-dealkylation sites (tertiary alicyclic amines) is 2. The molecule has 4 saturated heterocycles. The topological polar surface area (TPSA) is 217 Å². The van der Waals surface area contributed by atoms with E-state index in [0.717, 1.165) is 45.9 Å². The number of hydrogen-bond acceptors (Lipinski definition) is 16. The summed E-state index contributed by atoms with van der Waals surface area (Å²) in [5.41, 5.74) is 9.14. The Balaban J connectivity index is 0.710. The normalized spacial score (nSPS) is 23.2. The van der Waals surface area contributed by atoms with E-state index in [1.807, 2.05) is 73.3 Å². The van der Waals surface area contributed by atoms with Crippen molar-refractivity contribution in [1.82, 2.24) is 50.4 Å². The molecule has 4 aliphatic heterocycles. The zero-order valence-electron chi connectivity index (χ0n) is 45.7. The van der Waals surface area contributed by atoms with Crippen LogP contribution in [0.1, 0.15) is 87.9 Å². The van der Waals surface area contributed by atoms with E-state index in [2.05, 4.69) is 30.9 Å². The Bertz CT molecular complexity index is 3660. The minimum Gasteiger partial charge on any atom is -0.463 e. The number of β-amino-alcohol motifs (C(OH)–C–C–N with tert-alkyl or cyclic N) is 1. The molecule has 4 aromatic heterocycles. The number of nitrogens with zero attached hydrogens (tertiary/aromatic N) is 10. The van der Waals surface area contributed by atoms with Gasteiger partial charge in [0.05, 0.1) is 48.6 Å². The molecule has 5 fully saturated rings. The summed E-state index contributed by atoms with van der Waals surface area (Å²) < 4.78 is 71.8. The SMILES string of the molecule is Cc1ncsc1-c1ccc(CNC(=O)[C@@H]2C[C@@H](O)CN2C(=O)[C@@H](n2cc(CC3CCN(C[C@@]4(COc5nc(N6C[C@H]7CC[C@@H](C6)N7)c6cc(Cl)c(-c7ccc(F)c8sc(N)c(C#N)c78)c(F)c6n5)CC4(F)F)CC3)nn2)C(C)(C)C)cc1. The number of anilines is 2. The number of thiazole rings is 1. The van der Waals surface area contributed by atoms with E-state index in [1.54, 1.807) is 28.3 Å². The number of ether oxygens (including phenoxy) is 1. The van der Waals surface area contributed by atoms with Crippen LogP contribution >= 0.6 is 34.3 Å². The van der Waals surface area contributed by atoms with Crippen molar-refractivity contribution in [3.05, 3.63) is 93.3 Å². The number of nitrogens with one attached hydrogen (secondary N) is 2. The molecular formula is C58H62ClF4N13O4S2. The van der Waals surface area contributed by atoms with E-state index < -0.39 is 59.6 Å². The number of rotatable bonds is 15. The number of aromatic nitrogens is 6. The second kappa shape index (κ2) is 21.6. The quantitative estimate of drug-likeness (QED) is 0.0705. The molecule has 5 aliphatic rings. The predicted octanol–water partition coefficient (Wildman–Crippen LogP) is 9.09. The molecule has 7 aromatic rings. The van der Waals surface area contributed by atoms with Crippen molar-refractivity contribution >= 4 is 77.9 Å². The third-order valence-corrected chi connectivity index (χ3v) is 19.5. The lowest BCUT2D eigenvalue weighted by Gasteiger charge is -2.35. The summed E-state index contributed by atoms with van der Waals surface area (Å²) >= 11 is 9.37. The number of carbonyl (C=O) groups excluding carboxylic acids is 2. The van der Waals surface area contributed by atoms with E-state index in [0.29, 0.717) is 57.0 Å². The van der Waals surface area contributed by atoms with Crippen molar-refractivity contribution < 1.29 is 37.0 Å². The molecule has 17 nitrogen and oxygen atoms in total. The van der Waals surface area contributed by atoms with Gasteiger partial charge in [-0.05, 0) is 92.3 Å². The van der Waals surface area contributed by atoms with E-state index in [1.165, 1.54) is 17.0 Å². The van der Waals surface area contributed by atoms with Gasteiger partial charge >= 0.3 is 6.01 Å². The van der Waals surface area contributed by atoms with Crippen LogP contribution in [0.3, 0.4) is 0 Å². The molecule has 0 unspecified atom stereocenters. The first kappa shape index (κ1) is 56.0. The van der Waals surface area contributed by atoms with Crippen LogP contribution in [0.2, 0.25) is 5.02 Å². The fourth-order valence-electron chi connectivity index (χ4n) is 12.8. The number of nitriles is 1. The Labute approximate surface area is 483 Å². The Kier molecular flexibility index (Phi) is 14.7. The van der Waals surface area contributed by atoms with Gasteiger partial charge in [0.2, 0.25) is 11.8 Å². The number of halogens is 5. The number of piperidine rings is 1. The van der Waals surface area contributed by atoms with Crippen LogP contribution in [0, 0.1) is 46.6 Å². The number of nitrogen functional groups attached to an aromatic ring is 1. The summed E-state index contributed by atoms with van der Waals surface area (Å²) in [5.74, 6) is -4.74. The molecule has 8 heterocycles. The average molecular weight is 1180 g/mol. The number of aryl methyl sites for hydroxylation is 1. The van der Waals surface area contributed by atoms with Crippen LogP contribution in [0.15, 0.2) is 54.2 Å². The van der Waals surface area contributed by atoms with Crippen LogP contribution < -0.4 is 26.0 Å². The van der Waals surface area contributed by atoms with Crippen molar-refractivity contribution in [2.75, 3.05) is 56.5 Å². The van der Waals surface area contributed by atoms with E-state index in [9.17, 15) is 20.0 Å². The lowest BCUT2D eigenvalue weighted by Crippen LogP contribution is -2.51. The van der Waals surface area contributed by atoms with Crippen molar-refractivity contribution in [2.24, 2.45) is 16.7 Å². The highest BCUT2D eigenvalue weighted by molar-refractivity contribution is 7.23. The standard InChI is InChI=1S/C58H62ClF4N13O4S2/c1-30-48(81-29-67-30)33-7-5-32(6-8-33)21-66-53(78)43-18-37(77)25-75(43)54(79)50(56(2,3)4)76-24-36(71-72-76)17-31-13-15-73(16-14-31)27-57(26-58(57,62)63)28-80-55-69-47-39(52(70-55)74-22-34-9-10-35(23-74)68-34)19-41(59)45(46(47)61)38-11-12-42(60)49-44(38)40(20-64)51(65)82-49/h5-8,11-12,19,24,29,31,34-35,37,43,50,68,77H,9-10,13-18,21-23,25-28,65H2,1-4H3,(H,66,78)/t34-,35+,37-,43+,50-,57-/m1/s1. The summed E-state index contributed by atoms with van der Waals surface area (Å²) in [6.07, 6.45) is 4.40. The maximum Gasteiger partial charge on any atom is 0.319 e. The largest absolute Gasteiger partial charge is 0.463 e. The summed E-state index contributed by atoms with van der Waals surface area (Å²) in [4.78, 5) is 48.5.